The summed E-state index contributed by atoms with van der Waals surface area (Å²) in [5.74, 6) is -0.847. The molecular weight excluding hydrogens is 272 g/mol. The van der Waals surface area contributed by atoms with Gasteiger partial charge in [0.05, 0.1) is 4.92 Å². The van der Waals surface area contributed by atoms with Gasteiger partial charge < -0.3 is 10.0 Å². The second-order valence-corrected chi connectivity index (χ2v) is 4.96. The van der Waals surface area contributed by atoms with Crippen LogP contribution in [0.25, 0.3) is 0 Å². The van der Waals surface area contributed by atoms with Crippen LogP contribution in [-0.2, 0) is 0 Å². The van der Waals surface area contributed by atoms with Crippen LogP contribution in [0.3, 0.4) is 0 Å². The van der Waals surface area contributed by atoms with E-state index in [1.165, 1.54) is 6.07 Å². The highest BCUT2D eigenvalue weighted by atomic mass is 16.6. The van der Waals surface area contributed by atoms with Crippen LogP contribution in [0, 0.1) is 16.0 Å². The summed E-state index contributed by atoms with van der Waals surface area (Å²) in [6.45, 7) is 7.38. The number of carbonyl (C=O) groups is 1. The SMILES string of the molecule is CCC(CC)CN(CC)c1cccc(C(=O)O)c1[N+](=O)[O-]. The van der Waals surface area contributed by atoms with Gasteiger partial charge in [-0.25, -0.2) is 4.79 Å². The van der Waals surface area contributed by atoms with Crippen LogP contribution < -0.4 is 4.90 Å². The molecule has 1 N–H and O–H groups in total. The molecule has 0 aliphatic rings. The smallest absolute Gasteiger partial charge is 0.342 e. The monoisotopic (exact) mass is 294 g/mol. The maximum Gasteiger partial charge on any atom is 0.342 e. The molecule has 0 spiro atoms. The van der Waals surface area contributed by atoms with Gasteiger partial charge in [0.2, 0.25) is 0 Å². The van der Waals surface area contributed by atoms with Crippen LogP contribution in [-0.4, -0.2) is 29.1 Å². The van der Waals surface area contributed by atoms with Crippen molar-refractivity contribution in [2.75, 3.05) is 18.0 Å². The van der Waals surface area contributed by atoms with Crippen LogP contribution in [0.1, 0.15) is 44.0 Å². The van der Waals surface area contributed by atoms with Crippen molar-refractivity contribution in [3.8, 4) is 0 Å². The molecule has 0 aliphatic heterocycles. The molecule has 1 aromatic carbocycles. The van der Waals surface area contributed by atoms with E-state index in [-0.39, 0.29) is 11.3 Å². The zero-order valence-electron chi connectivity index (χ0n) is 12.7. The molecule has 0 fully saturated rings. The van der Waals surface area contributed by atoms with Crippen molar-refractivity contribution in [2.45, 2.75) is 33.6 Å². The van der Waals surface area contributed by atoms with Crippen molar-refractivity contribution in [2.24, 2.45) is 5.92 Å². The van der Waals surface area contributed by atoms with Crippen LogP contribution >= 0.6 is 0 Å². The fraction of sp³-hybridized carbons (Fsp3) is 0.533. The third-order valence-corrected chi connectivity index (χ3v) is 3.78. The molecule has 6 heteroatoms. The predicted octanol–water partition coefficient (Wildman–Crippen LogP) is 3.56. The van der Waals surface area contributed by atoms with E-state index < -0.39 is 10.9 Å². The molecule has 21 heavy (non-hydrogen) atoms. The minimum Gasteiger partial charge on any atom is -0.477 e. The fourth-order valence-electron chi connectivity index (χ4n) is 2.41. The quantitative estimate of drug-likeness (QED) is 0.585. The molecule has 0 bridgehead atoms. The lowest BCUT2D eigenvalue weighted by Gasteiger charge is -2.27. The first-order chi connectivity index (χ1) is 9.96. The lowest BCUT2D eigenvalue weighted by molar-refractivity contribution is -0.384. The Kier molecular flexibility index (Phi) is 6.14. The zero-order chi connectivity index (χ0) is 16.0. The highest BCUT2D eigenvalue weighted by Crippen LogP contribution is 2.32. The molecule has 1 rings (SSSR count). The minimum atomic E-state index is -1.28. The van der Waals surface area contributed by atoms with Gasteiger partial charge in [0.25, 0.3) is 0 Å². The Bertz CT molecular complexity index is 512. The van der Waals surface area contributed by atoms with E-state index in [1.54, 1.807) is 12.1 Å². The third kappa shape index (κ3) is 3.93. The van der Waals surface area contributed by atoms with E-state index >= 15 is 0 Å². The molecule has 0 aromatic heterocycles. The van der Waals surface area contributed by atoms with Gasteiger partial charge in [-0.05, 0) is 25.0 Å². The third-order valence-electron chi connectivity index (χ3n) is 3.78. The van der Waals surface area contributed by atoms with E-state index in [0.29, 0.717) is 24.7 Å². The summed E-state index contributed by atoms with van der Waals surface area (Å²) in [5.41, 5.74) is -0.201. The van der Waals surface area contributed by atoms with Crippen molar-refractivity contribution in [1.82, 2.24) is 0 Å². The number of hydrogen-bond donors (Lipinski definition) is 1. The first-order valence-corrected chi connectivity index (χ1v) is 7.21. The van der Waals surface area contributed by atoms with Gasteiger partial charge in [-0.15, -0.1) is 0 Å². The second kappa shape index (κ2) is 7.61. The number of hydrogen-bond acceptors (Lipinski definition) is 4. The highest BCUT2D eigenvalue weighted by molar-refractivity contribution is 5.95. The average Bonchev–Trinajstić information content (AvgIpc) is 2.47. The lowest BCUT2D eigenvalue weighted by atomic mass is 10.0. The van der Waals surface area contributed by atoms with E-state index in [4.69, 9.17) is 5.11 Å². The number of aromatic carboxylic acids is 1. The van der Waals surface area contributed by atoms with Crippen molar-refractivity contribution in [1.29, 1.82) is 0 Å². The molecule has 0 unspecified atom stereocenters. The van der Waals surface area contributed by atoms with Gasteiger partial charge >= 0.3 is 11.7 Å². The number of benzene rings is 1. The number of nitrogens with zero attached hydrogens (tertiary/aromatic N) is 2. The molecule has 0 amide bonds. The number of nitro groups is 1. The van der Waals surface area contributed by atoms with E-state index in [2.05, 4.69) is 13.8 Å². The standard InChI is InChI=1S/C15H22N2O4/c1-4-11(5-2)10-16(6-3)13-9-7-8-12(15(18)19)14(13)17(20)21/h7-9,11H,4-6,10H2,1-3H3,(H,18,19). The Balaban J connectivity index is 3.29. The molecule has 0 heterocycles. The fourth-order valence-corrected chi connectivity index (χ4v) is 2.41. The Hall–Kier alpha value is -2.11. The van der Waals surface area contributed by atoms with Gasteiger partial charge in [-0.3, -0.25) is 10.1 Å². The summed E-state index contributed by atoms with van der Waals surface area (Å²) in [7, 11) is 0. The number of para-hydroxylation sites is 1. The summed E-state index contributed by atoms with van der Waals surface area (Å²) in [6.07, 6.45) is 1.97. The van der Waals surface area contributed by atoms with E-state index in [9.17, 15) is 14.9 Å². The molecule has 6 nitrogen and oxygen atoms in total. The van der Waals surface area contributed by atoms with Crippen LogP contribution in [0.15, 0.2) is 18.2 Å². The van der Waals surface area contributed by atoms with Crippen molar-refractivity contribution in [3.05, 3.63) is 33.9 Å². The number of rotatable bonds is 8. The Morgan fingerprint density at radius 2 is 1.95 bits per heavy atom. The molecule has 0 radical (unpaired) electrons. The Morgan fingerprint density at radius 3 is 2.38 bits per heavy atom. The van der Waals surface area contributed by atoms with Crippen molar-refractivity contribution >= 4 is 17.3 Å². The molecule has 0 saturated heterocycles. The van der Waals surface area contributed by atoms with Crippen LogP contribution in [0.2, 0.25) is 0 Å². The number of anilines is 1. The summed E-state index contributed by atoms with van der Waals surface area (Å²) >= 11 is 0. The van der Waals surface area contributed by atoms with Crippen LogP contribution in [0.4, 0.5) is 11.4 Å². The second-order valence-electron chi connectivity index (χ2n) is 4.96. The van der Waals surface area contributed by atoms with Crippen molar-refractivity contribution in [3.63, 3.8) is 0 Å². The van der Waals surface area contributed by atoms with E-state index in [1.807, 2.05) is 11.8 Å². The Morgan fingerprint density at radius 1 is 1.33 bits per heavy atom. The van der Waals surface area contributed by atoms with Crippen molar-refractivity contribution < 1.29 is 14.8 Å². The summed E-state index contributed by atoms with van der Waals surface area (Å²) < 4.78 is 0. The molecule has 0 aliphatic carbocycles. The first kappa shape index (κ1) is 16.9. The summed E-state index contributed by atoms with van der Waals surface area (Å²) in [4.78, 5) is 23.8. The maximum atomic E-state index is 11.3. The number of carboxylic acid groups (broad SMARTS) is 1. The van der Waals surface area contributed by atoms with Gasteiger partial charge in [0.1, 0.15) is 11.3 Å². The molecular formula is C15H22N2O4. The first-order valence-electron chi connectivity index (χ1n) is 7.21. The number of nitro benzene ring substituents is 1. The molecule has 1 aromatic rings. The van der Waals surface area contributed by atoms with E-state index in [0.717, 1.165) is 12.8 Å². The number of carboxylic acids is 1. The Labute approximate surface area is 124 Å². The topological polar surface area (TPSA) is 83.7 Å². The minimum absolute atomic E-state index is 0.263. The summed E-state index contributed by atoms with van der Waals surface area (Å²) in [6, 6.07) is 4.45. The zero-order valence-corrected chi connectivity index (χ0v) is 12.7. The van der Waals surface area contributed by atoms with Gasteiger partial charge in [-0.1, -0.05) is 32.8 Å². The van der Waals surface area contributed by atoms with Gasteiger partial charge in [0.15, 0.2) is 0 Å². The predicted molar refractivity (Wildman–Crippen MR) is 82.0 cm³/mol. The van der Waals surface area contributed by atoms with Crippen LogP contribution in [0.5, 0.6) is 0 Å². The molecule has 0 saturated carbocycles. The van der Waals surface area contributed by atoms with Gasteiger partial charge in [0, 0.05) is 13.1 Å². The lowest BCUT2D eigenvalue weighted by Crippen LogP contribution is -2.30. The van der Waals surface area contributed by atoms with Gasteiger partial charge in [-0.2, -0.15) is 0 Å². The normalized spacial score (nSPS) is 10.7. The highest BCUT2D eigenvalue weighted by Gasteiger charge is 2.27. The molecule has 116 valence electrons. The summed E-state index contributed by atoms with van der Waals surface area (Å²) in [5, 5.41) is 20.5. The largest absolute Gasteiger partial charge is 0.477 e. The maximum absolute atomic E-state index is 11.3. The average molecular weight is 294 g/mol. The molecule has 0 atom stereocenters.